The van der Waals surface area contributed by atoms with E-state index in [4.69, 9.17) is 10.5 Å². The van der Waals surface area contributed by atoms with E-state index in [1.165, 1.54) is 0 Å². The number of carbonyl (C=O) groups excluding carboxylic acids is 1. The molecule has 0 spiro atoms. The summed E-state index contributed by atoms with van der Waals surface area (Å²) in [5.41, 5.74) is 6.10. The normalized spacial score (nSPS) is 12.0. The summed E-state index contributed by atoms with van der Waals surface area (Å²) in [6, 6.07) is 5.18. The van der Waals surface area contributed by atoms with Crippen molar-refractivity contribution in [1.29, 1.82) is 0 Å². The molecule has 0 heterocycles. The highest BCUT2D eigenvalue weighted by Gasteiger charge is 2.11. The van der Waals surface area contributed by atoms with Crippen molar-refractivity contribution >= 4 is 21.8 Å². The molecule has 0 bridgehead atoms. The van der Waals surface area contributed by atoms with Crippen LogP contribution in [-0.2, 0) is 0 Å². The van der Waals surface area contributed by atoms with E-state index in [9.17, 15) is 4.79 Å². The maximum absolute atomic E-state index is 11.8. The van der Waals surface area contributed by atoms with Gasteiger partial charge in [-0.25, -0.2) is 0 Å². The molecule has 16 heavy (non-hydrogen) atoms. The minimum absolute atomic E-state index is 0.0617. The van der Waals surface area contributed by atoms with Gasteiger partial charge in [-0.1, -0.05) is 0 Å². The van der Waals surface area contributed by atoms with E-state index in [1.54, 1.807) is 25.3 Å². The number of methoxy groups -OCH3 is 1. The van der Waals surface area contributed by atoms with Crippen LogP contribution in [0.25, 0.3) is 0 Å². The van der Waals surface area contributed by atoms with Gasteiger partial charge in [-0.05, 0) is 41.1 Å². The van der Waals surface area contributed by atoms with E-state index in [0.717, 1.165) is 4.47 Å². The summed E-state index contributed by atoms with van der Waals surface area (Å²) in [5, 5.41) is 2.74. The van der Waals surface area contributed by atoms with Crippen molar-refractivity contribution in [3.8, 4) is 5.75 Å². The van der Waals surface area contributed by atoms with Crippen LogP contribution in [0.15, 0.2) is 22.7 Å². The lowest BCUT2D eigenvalue weighted by Gasteiger charge is -2.10. The Hall–Kier alpha value is -1.07. The molecule has 1 rings (SSSR count). The minimum Gasteiger partial charge on any atom is -0.497 e. The number of nitrogens with one attached hydrogen (secondary N) is 1. The first kappa shape index (κ1) is 13.0. The van der Waals surface area contributed by atoms with Crippen LogP contribution in [0.1, 0.15) is 17.3 Å². The first-order valence-corrected chi connectivity index (χ1v) is 5.71. The van der Waals surface area contributed by atoms with Crippen LogP contribution in [0, 0.1) is 0 Å². The van der Waals surface area contributed by atoms with Gasteiger partial charge in [-0.3, -0.25) is 4.79 Å². The summed E-state index contributed by atoms with van der Waals surface area (Å²) >= 11 is 3.32. The third-order valence-corrected chi connectivity index (χ3v) is 2.69. The number of hydrogen-bond acceptors (Lipinski definition) is 3. The molecule has 1 aromatic rings. The molecule has 1 aromatic carbocycles. The molecule has 0 aliphatic rings. The fourth-order valence-corrected chi connectivity index (χ4v) is 1.58. The molecule has 0 saturated carbocycles. The third-order valence-electron chi connectivity index (χ3n) is 2.00. The summed E-state index contributed by atoms with van der Waals surface area (Å²) < 4.78 is 5.79. The Morgan fingerprint density at radius 1 is 1.62 bits per heavy atom. The van der Waals surface area contributed by atoms with Gasteiger partial charge in [0.25, 0.3) is 5.91 Å². The molecule has 1 atom stereocenters. The molecule has 0 fully saturated rings. The molecule has 3 N–H and O–H groups in total. The maximum Gasteiger partial charge on any atom is 0.252 e. The Labute approximate surface area is 103 Å². The van der Waals surface area contributed by atoms with Gasteiger partial charge in [0.15, 0.2) is 0 Å². The van der Waals surface area contributed by atoms with Crippen LogP contribution in [0.5, 0.6) is 5.75 Å². The van der Waals surface area contributed by atoms with Crippen LogP contribution in [0.2, 0.25) is 0 Å². The van der Waals surface area contributed by atoms with Crippen LogP contribution in [0.3, 0.4) is 0 Å². The predicted octanol–water partition coefficient (Wildman–Crippen LogP) is 1.53. The average Bonchev–Trinajstić information content (AvgIpc) is 2.26. The third kappa shape index (κ3) is 3.50. The molecular formula is C11H15BrN2O2. The number of nitrogens with two attached hydrogens (primary N) is 1. The molecule has 4 nitrogen and oxygen atoms in total. The second-order valence-electron chi connectivity index (χ2n) is 3.53. The van der Waals surface area contributed by atoms with Crippen LogP contribution in [0.4, 0.5) is 0 Å². The monoisotopic (exact) mass is 286 g/mol. The van der Waals surface area contributed by atoms with Crippen molar-refractivity contribution in [1.82, 2.24) is 5.32 Å². The van der Waals surface area contributed by atoms with Gasteiger partial charge in [0.2, 0.25) is 0 Å². The van der Waals surface area contributed by atoms with E-state index in [0.29, 0.717) is 17.9 Å². The summed E-state index contributed by atoms with van der Waals surface area (Å²) in [5.74, 6) is 0.484. The van der Waals surface area contributed by atoms with Crippen molar-refractivity contribution in [2.45, 2.75) is 13.0 Å². The number of carbonyl (C=O) groups is 1. The standard InChI is InChI=1S/C11H15BrN2O2/c1-7(13)6-14-11(15)9-5-8(16-2)3-4-10(9)12/h3-5,7H,6,13H2,1-2H3,(H,14,15). The molecule has 1 amide bonds. The quantitative estimate of drug-likeness (QED) is 0.882. The minimum atomic E-state index is -0.164. The highest BCUT2D eigenvalue weighted by molar-refractivity contribution is 9.10. The summed E-state index contributed by atoms with van der Waals surface area (Å²) in [6.45, 7) is 2.28. The van der Waals surface area contributed by atoms with Crippen molar-refractivity contribution in [3.63, 3.8) is 0 Å². The molecule has 0 aromatic heterocycles. The topological polar surface area (TPSA) is 64.3 Å². The van der Waals surface area contributed by atoms with E-state index in [-0.39, 0.29) is 11.9 Å². The lowest BCUT2D eigenvalue weighted by atomic mass is 10.2. The lowest BCUT2D eigenvalue weighted by Crippen LogP contribution is -2.35. The van der Waals surface area contributed by atoms with Crippen LogP contribution >= 0.6 is 15.9 Å². The van der Waals surface area contributed by atoms with Crippen LogP contribution < -0.4 is 15.8 Å². The summed E-state index contributed by atoms with van der Waals surface area (Å²) in [6.07, 6.45) is 0. The average molecular weight is 287 g/mol. The molecule has 5 heteroatoms. The number of ether oxygens (including phenoxy) is 1. The van der Waals surface area contributed by atoms with Crippen molar-refractivity contribution < 1.29 is 9.53 Å². The molecule has 0 aliphatic carbocycles. The number of hydrogen-bond donors (Lipinski definition) is 2. The Balaban J connectivity index is 2.81. The van der Waals surface area contributed by atoms with E-state index in [1.807, 2.05) is 6.92 Å². The Morgan fingerprint density at radius 2 is 2.31 bits per heavy atom. The molecule has 0 radical (unpaired) electrons. The second kappa shape index (κ2) is 5.86. The number of halogens is 1. The fraction of sp³-hybridized carbons (Fsp3) is 0.364. The van der Waals surface area contributed by atoms with Gasteiger partial charge >= 0.3 is 0 Å². The van der Waals surface area contributed by atoms with Crippen molar-refractivity contribution in [3.05, 3.63) is 28.2 Å². The highest BCUT2D eigenvalue weighted by atomic mass is 79.9. The van der Waals surface area contributed by atoms with Gasteiger partial charge in [0, 0.05) is 17.1 Å². The zero-order valence-corrected chi connectivity index (χ0v) is 10.9. The number of rotatable bonds is 4. The smallest absolute Gasteiger partial charge is 0.252 e. The predicted molar refractivity (Wildman–Crippen MR) is 66.7 cm³/mol. The van der Waals surface area contributed by atoms with E-state index >= 15 is 0 Å². The van der Waals surface area contributed by atoms with Gasteiger partial charge in [-0.2, -0.15) is 0 Å². The first-order valence-electron chi connectivity index (χ1n) is 4.92. The molecular weight excluding hydrogens is 272 g/mol. The highest BCUT2D eigenvalue weighted by Crippen LogP contribution is 2.22. The Kier molecular flexibility index (Phi) is 4.76. The molecule has 1 unspecified atom stereocenters. The molecule has 0 saturated heterocycles. The second-order valence-corrected chi connectivity index (χ2v) is 4.39. The Bertz CT molecular complexity index is 380. The van der Waals surface area contributed by atoms with Crippen molar-refractivity contribution in [2.24, 2.45) is 5.73 Å². The first-order chi connectivity index (χ1) is 7.54. The van der Waals surface area contributed by atoms with Crippen LogP contribution in [-0.4, -0.2) is 25.6 Å². The zero-order valence-electron chi connectivity index (χ0n) is 9.29. The molecule has 0 aliphatic heterocycles. The van der Waals surface area contributed by atoms with Gasteiger partial charge in [0.05, 0.1) is 12.7 Å². The maximum atomic E-state index is 11.8. The fourth-order valence-electron chi connectivity index (χ4n) is 1.15. The molecule has 88 valence electrons. The number of amides is 1. The van der Waals surface area contributed by atoms with Gasteiger partial charge < -0.3 is 15.8 Å². The van der Waals surface area contributed by atoms with Crippen molar-refractivity contribution in [2.75, 3.05) is 13.7 Å². The van der Waals surface area contributed by atoms with E-state index < -0.39 is 0 Å². The number of benzene rings is 1. The van der Waals surface area contributed by atoms with E-state index in [2.05, 4.69) is 21.2 Å². The lowest BCUT2D eigenvalue weighted by molar-refractivity contribution is 0.0950. The zero-order chi connectivity index (χ0) is 12.1. The van der Waals surface area contributed by atoms with Gasteiger partial charge in [0.1, 0.15) is 5.75 Å². The largest absolute Gasteiger partial charge is 0.497 e. The Morgan fingerprint density at radius 3 is 2.88 bits per heavy atom. The summed E-state index contributed by atoms with van der Waals surface area (Å²) in [4.78, 5) is 11.8. The summed E-state index contributed by atoms with van der Waals surface area (Å²) in [7, 11) is 1.56. The SMILES string of the molecule is COc1ccc(Br)c(C(=O)NCC(C)N)c1. The van der Waals surface area contributed by atoms with Gasteiger partial charge in [-0.15, -0.1) is 0 Å².